The molecule has 2 aliphatic rings. The number of carbonyl (C=O) groups excluding carboxylic acids is 1. The van der Waals surface area contributed by atoms with Gasteiger partial charge >= 0.3 is 0 Å². The average molecular weight is 362 g/mol. The molecule has 0 bridgehead atoms. The minimum Gasteiger partial charge on any atom is -0.369 e. The zero-order valence-corrected chi connectivity index (χ0v) is 16.1. The lowest BCUT2D eigenvalue weighted by molar-refractivity contribution is -0.126. The topological polar surface area (TPSA) is 47.6 Å². The third kappa shape index (κ3) is 4.54. The second-order valence-electron chi connectivity index (χ2n) is 7.80. The van der Waals surface area contributed by atoms with E-state index >= 15 is 0 Å². The second kappa shape index (κ2) is 8.35. The average Bonchev–Trinajstić information content (AvgIpc) is 2.62. The number of rotatable bonds is 4. The molecule has 3 rings (SSSR count). The molecule has 1 aromatic carbocycles. The molecule has 1 aromatic rings. The van der Waals surface area contributed by atoms with Crippen molar-refractivity contribution >= 4 is 11.6 Å². The van der Waals surface area contributed by atoms with E-state index in [2.05, 4.69) is 34.4 Å². The van der Waals surface area contributed by atoms with E-state index in [1.807, 2.05) is 13.0 Å². The molecule has 0 aliphatic carbocycles. The number of carbonyl (C=O) groups is 1. The summed E-state index contributed by atoms with van der Waals surface area (Å²) in [6.07, 6.45) is 1.71. The van der Waals surface area contributed by atoms with Crippen molar-refractivity contribution in [1.82, 2.24) is 15.5 Å². The van der Waals surface area contributed by atoms with E-state index in [4.69, 9.17) is 0 Å². The highest BCUT2D eigenvalue weighted by Crippen LogP contribution is 2.29. The zero-order chi connectivity index (χ0) is 18.7. The fourth-order valence-corrected chi connectivity index (χ4v) is 3.99. The molecule has 6 heteroatoms. The van der Waals surface area contributed by atoms with Crippen LogP contribution in [0.1, 0.15) is 38.3 Å². The lowest BCUT2D eigenvalue weighted by Crippen LogP contribution is -2.45. The van der Waals surface area contributed by atoms with Crippen molar-refractivity contribution in [2.75, 3.05) is 44.7 Å². The standard InChI is InChI=1S/C20H31FN4O/c1-14-12-16(6-7-22-14)20(26)23-15(2)18-13-17(21)4-5-19(18)25-10-8-24(3)9-11-25/h4-5,13-16,22H,6-12H2,1-3H3,(H,23,26)/t14-,15?,16-/m0/s1. The van der Waals surface area contributed by atoms with E-state index in [1.165, 1.54) is 6.07 Å². The van der Waals surface area contributed by atoms with Gasteiger partial charge < -0.3 is 20.4 Å². The Hall–Kier alpha value is -1.66. The Morgan fingerprint density at radius 1 is 1.31 bits per heavy atom. The Morgan fingerprint density at radius 3 is 2.73 bits per heavy atom. The number of piperazine rings is 1. The van der Waals surface area contributed by atoms with Crippen molar-refractivity contribution in [2.45, 2.75) is 38.8 Å². The molecule has 2 heterocycles. The number of likely N-dealkylation sites (N-methyl/N-ethyl adjacent to an activating group) is 1. The summed E-state index contributed by atoms with van der Waals surface area (Å²) in [5, 5.41) is 6.51. The Labute approximate surface area is 155 Å². The van der Waals surface area contributed by atoms with Gasteiger partial charge in [0.1, 0.15) is 5.82 Å². The number of piperidine rings is 1. The minimum absolute atomic E-state index is 0.0364. The van der Waals surface area contributed by atoms with Crippen LogP contribution < -0.4 is 15.5 Å². The quantitative estimate of drug-likeness (QED) is 0.862. The highest BCUT2D eigenvalue weighted by molar-refractivity contribution is 5.79. The summed E-state index contributed by atoms with van der Waals surface area (Å²) < 4.78 is 13.9. The normalized spacial score (nSPS) is 25.8. The van der Waals surface area contributed by atoms with Crippen LogP contribution in [0, 0.1) is 11.7 Å². The third-order valence-electron chi connectivity index (χ3n) is 5.65. The Bertz CT molecular complexity index is 630. The van der Waals surface area contributed by atoms with Crippen LogP contribution in [0.4, 0.5) is 10.1 Å². The number of nitrogens with zero attached hydrogens (tertiary/aromatic N) is 2. The van der Waals surface area contributed by atoms with Gasteiger partial charge in [0.05, 0.1) is 6.04 Å². The van der Waals surface area contributed by atoms with Gasteiger partial charge in [0.2, 0.25) is 5.91 Å². The van der Waals surface area contributed by atoms with Crippen molar-refractivity contribution < 1.29 is 9.18 Å². The number of benzene rings is 1. The number of anilines is 1. The molecule has 1 amide bonds. The largest absolute Gasteiger partial charge is 0.369 e. The number of amides is 1. The fraction of sp³-hybridized carbons (Fsp3) is 0.650. The minimum atomic E-state index is -0.255. The fourth-order valence-electron chi connectivity index (χ4n) is 3.99. The molecule has 2 saturated heterocycles. The van der Waals surface area contributed by atoms with Gasteiger partial charge in [-0.15, -0.1) is 0 Å². The maximum Gasteiger partial charge on any atom is 0.223 e. The highest BCUT2D eigenvalue weighted by Gasteiger charge is 2.27. The van der Waals surface area contributed by atoms with E-state index in [-0.39, 0.29) is 23.7 Å². The third-order valence-corrected chi connectivity index (χ3v) is 5.65. The Morgan fingerprint density at radius 2 is 2.04 bits per heavy atom. The lowest BCUT2D eigenvalue weighted by atomic mass is 9.92. The monoisotopic (exact) mass is 362 g/mol. The molecule has 1 unspecified atom stereocenters. The predicted octanol–water partition coefficient (Wildman–Crippen LogP) is 2.14. The Balaban J connectivity index is 1.72. The molecule has 5 nitrogen and oxygen atoms in total. The van der Waals surface area contributed by atoms with Crippen molar-refractivity contribution in [1.29, 1.82) is 0 Å². The smallest absolute Gasteiger partial charge is 0.223 e. The van der Waals surface area contributed by atoms with Crippen LogP contribution in [0.15, 0.2) is 18.2 Å². The summed E-state index contributed by atoms with van der Waals surface area (Å²) in [7, 11) is 2.12. The molecule has 144 valence electrons. The van der Waals surface area contributed by atoms with Crippen LogP contribution >= 0.6 is 0 Å². The first-order valence-corrected chi connectivity index (χ1v) is 9.70. The van der Waals surface area contributed by atoms with E-state index in [0.29, 0.717) is 6.04 Å². The van der Waals surface area contributed by atoms with Crippen LogP contribution in [0.2, 0.25) is 0 Å². The lowest BCUT2D eigenvalue weighted by Gasteiger charge is -2.36. The van der Waals surface area contributed by atoms with Gasteiger partial charge in [-0.2, -0.15) is 0 Å². The van der Waals surface area contributed by atoms with Crippen LogP contribution in [0.3, 0.4) is 0 Å². The first-order valence-electron chi connectivity index (χ1n) is 9.70. The molecule has 0 aromatic heterocycles. The van der Waals surface area contributed by atoms with Crippen LogP contribution in [-0.2, 0) is 4.79 Å². The second-order valence-corrected chi connectivity index (χ2v) is 7.80. The molecule has 2 N–H and O–H groups in total. The van der Waals surface area contributed by atoms with Crippen molar-refractivity contribution in [2.24, 2.45) is 5.92 Å². The SMILES string of the molecule is CC(NC(=O)[C@H]1CCN[C@@H](C)C1)c1cc(F)ccc1N1CCN(C)CC1. The predicted molar refractivity (Wildman–Crippen MR) is 103 cm³/mol. The maximum atomic E-state index is 13.9. The molecule has 2 fully saturated rings. The summed E-state index contributed by atoms with van der Waals surface area (Å²) >= 11 is 0. The van der Waals surface area contributed by atoms with E-state index < -0.39 is 0 Å². The van der Waals surface area contributed by atoms with Gasteiger partial charge in [0, 0.05) is 49.4 Å². The number of halogens is 1. The summed E-state index contributed by atoms with van der Waals surface area (Å²) in [5.41, 5.74) is 1.90. The maximum absolute atomic E-state index is 13.9. The number of hydrogen-bond acceptors (Lipinski definition) is 4. The van der Waals surface area contributed by atoms with Crippen LogP contribution in [0.25, 0.3) is 0 Å². The van der Waals surface area contributed by atoms with Crippen LogP contribution in [-0.4, -0.2) is 56.6 Å². The van der Waals surface area contributed by atoms with Crippen LogP contribution in [0.5, 0.6) is 0 Å². The summed E-state index contributed by atoms with van der Waals surface area (Å²) in [6.45, 7) is 8.76. The zero-order valence-electron chi connectivity index (χ0n) is 16.1. The van der Waals surface area contributed by atoms with E-state index in [1.54, 1.807) is 6.07 Å². The molecular formula is C20H31FN4O. The molecule has 3 atom stereocenters. The molecule has 0 saturated carbocycles. The molecule has 0 radical (unpaired) electrons. The van der Waals surface area contributed by atoms with E-state index in [0.717, 1.165) is 56.8 Å². The summed E-state index contributed by atoms with van der Waals surface area (Å²) in [6, 6.07) is 5.10. The first kappa shape index (κ1) is 19.1. The van der Waals surface area contributed by atoms with Gasteiger partial charge in [-0.1, -0.05) is 0 Å². The van der Waals surface area contributed by atoms with Crippen molar-refractivity contribution in [3.05, 3.63) is 29.6 Å². The van der Waals surface area contributed by atoms with Gasteiger partial charge in [0.25, 0.3) is 0 Å². The number of nitrogens with one attached hydrogen (secondary N) is 2. The first-order chi connectivity index (χ1) is 12.4. The molecule has 26 heavy (non-hydrogen) atoms. The summed E-state index contributed by atoms with van der Waals surface area (Å²) in [4.78, 5) is 17.3. The van der Waals surface area contributed by atoms with Crippen molar-refractivity contribution in [3.63, 3.8) is 0 Å². The Kier molecular flexibility index (Phi) is 6.14. The van der Waals surface area contributed by atoms with Crippen molar-refractivity contribution in [3.8, 4) is 0 Å². The van der Waals surface area contributed by atoms with Gasteiger partial charge in [-0.05, 0) is 58.5 Å². The van der Waals surface area contributed by atoms with Gasteiger partial charge in [0.15, 0.2) is 0 Å². The number of hydrogen-bond donors (Lipinski definition) is 2. The molecule has 2 aliphatic heterocycles. The van der Waals surface area contributed by atoms with E-state index in [9.17, 15) is 9.18 Å². The highest BCUT2D eigenvalue weighted by atomic mass is 19.1. The van der Waals surface area contributed by atoms with Gasteiger partial charge in [-0.25, -0.2) is 4.39 Å². The molecule has 0 spiro atoms. The molecular weight excluding hydrogens is 331 g/mol. The summed E-state index contributed by atoms with van der Waals surface area (Å²) in [5.74, 6) is -0.136. The van der Waals surface area contributed by atoms with Gasteiger partial charge in [-0.3, -0.25) is 4.79 Å².